The summed E-state index contributed by atoms with van der Waals surface area (Å²) in [5.74, 6) is 1.29. The van der Waals surface area contributed by atoms with Crippen LogP contribution in [0, 0.1) is 5.92 Å². The molecule has 2 fully saturated rings. The molecule has 0 spiro atoms. The average molecular weight is 345 g/mol. The van der Waals surface area contributed by atoms with Gasteiger partial charge >= 0.3 is 0 Å². The summed E-state index contributed by atoms with van der Waals surface area (Å²) in [7, 11) is 0. The molecule has 1 aliphatic heterocycles. The number of nitrogens with one attached hydrogen (secondary N) is 1. The fourth-order valence-electron chi connectivity index (χ4n) is 4.03. The molecule has 1 aromatic rings. The average Bonchev–Trinajstić information content (AvgIpc) is 2.64. The second kappa shape index (κ2) is 9.09. The molecule has 5 heteroatoms. The van der Waals surface area contributed by atoms with Gasteiger partial charge in [-0.15, -0.1) is 0 Å². The molecule has 1 aliphatic carbocycles. The number of benzene rings is 1. The van der Waals surface area contributed by atoms with Crippen LogP contribution in [0.2, 0.25) is 0 Å². The van der Waals surface area contributed by atoms with Gasteiger partial charge in [-0.05, 0) is 24.5 Å². The van der Waals surface area contributed by atoms with Gasteiger partial charge in [-0.25, -0.2) is 0 Å². The molecule has 5 nitrogen and oxygen atoms in total. The highest BCUT2D eigenvalue weighted by atomic mass is 16.3. The molecule has 0 atom stereocenters. The van der Waals surface area contributed by atoms with Crippen molar-refractivity contribution in [3.8, 4) is 5.75 Å². The van der Waals surface area contributed by atoms with E-state index in [9.17, 15) is 9.90 Å². The van der Waals surface area contributed by atoms with Crippen LogP contribution in [0.15, 0.2) is 24.3 Å². The van der Waals surface area contributed by atoms with Gasteiger partial charge in [0.05, 0.1) is 12.2 Å². The van der Waals surface area contributed by atoms with Gasteiger partial charge in [0.2, 0.25) is 5.91 Å². The minimum absolute atomic E-state index is 0.145. The summed E-state index contributed by atoms with van der Waals surface area (Å²) in [6.45, 7) is 4.69. The lowest BCUT2D eigenvalue weighted by molar-refractivity contribution is -0.122. The van der Waals surface area contributed by atoms with Gasteiger partial charge in [0.25, 0.3) is 0 Å². The molecule has 0 bridgehead atoms. The third-order valence-corrected chi connectivity index (χ3v) is 5.56. The number of phenols is 1. The maximum Gasteiger partial charge on any atom is 0.234 e. The Labute approximate surface area is 151 Å². The lowest BCUT2D eigenvalue weighted by atomic mass is 9.87. The molecule has 3 rings (SSSR count). The van der Waals surface area contributed by atoms with E-state index in [1.807, 2.05) is 18.2 Å². The zero-order valence-electron chi connectivity index (χ0n) is 15.1. The normalized spacial score (nSPS) is 19.8. The number of para-hydroxylation sites is 2. The number of piperazine rings is 1. The first kappa shape index (κ1) is 18.1. The number of nitrogens with zero attached hydrogens (tertiary/aromatic N) is 2. The van der Waals surface area contributed by atoms with Crippen LogP contribution in [0.3, 0.4) is 0 Å². The second-order valence-corrected chi connectivity index (χ2v) is 7.39. The van der Waals surface area contributed by atoms with Gasteiger partial charge in [0.15, 0.2) is 0 Å². The van der Waals surface area contributed by atoms with Gasteiger partial charge in [0, 0.05) is 32.7 Å². The maximum absolute atomic E-state index is 12.2. The predicted octanol–water partition coefficient (Wildman–Crippen LogP) is 2.60. The summed E-state index contributed by atoms with van der Waals surface area (Å²) in [6, 6.07) is 7.46. The van der Waals surface area contributed by atoms with E-state index in [4.69, 9.17) is 0 Å². The molecule has 138 valence electrons. The van der Waals surface area contributed by atoms with Crippen LogP contribution in [0.1, 0.15) is 38.5 Å². The van der Waals surface area contributed by atoms with Crippen LogP contribution < -0.4 is 10.2 Å². The van der Waals surface area contributed by atoms with Crippen LogP contribution >= 0.6 is 0 Å². The molecule has 0 radical (unpaired) electrons. The summed E-state index contributed by atoms with van der Waals surface area (Å²) in [5.41, 5.74) is 0.888. The monoisotopic (exact) mass is 345 g/mol. The first-order valence-electron chi connectivity index (χ1n) is 9.74. The van der Waals surface area contributed by atoms with E-state index in [0.717, 1.165) is 50.7 Å². The smallest absolute Gasteiger partial charge is 0.234 e. The Balaban J connectivity index is 1.34. The molecule has 1 aromatic carbocycles. The van der Waals surface area contributed by atoms with Gasteiger partial charge in [-0.2, -0.15) is 0 Å². The number of hydrogen-bond donors (Lipinski definition) is 2. The Morgan fingerprint density at radius 2 is 1.80 bits per heavy atom. The number of carbonyl (C=O) groups excluding carboxylic acids is 1. The highest BCUT2D eigenvalue weighted by molar-refractivity contribution is 5.78. The van der Waals surface area contributed by atoms with Gasteiger partial charge in [0.1, 0.15) is 5.75 Å². The van der Waals surface area contributed by atoms with E-state index >= 15 is 0 Å². The van der Waals surface area contributed by atoms with Crippen LogP contribution in [-0.2, 0) is 4.79 Å². The molecule has 25 heavy (non-hydrogen) atoms. The quantitative estimate of drug-likeness (QED) is 0.832. The Morgan fingerprint density at radius 1 is 1.08 bits per heavy atom. The number of carbonyl (C=O) groups is 1. The highest BCUT2D eigenvalue weighted by Gasteiger charge is 2.20. The summed E-state index contributed by atoms with van der Waals surface area (Å²) in [6.07, 6.45) is 7.91. The lowest BCUT2D eigenvalue weighted by Crippen LogP contribution is -2.49. The molecule has 1 saturated carbocycles. The molecular formula is C20H31N3O2. The molecule has 1 heterocycles. The third kappa shape index (κ3) is 5.36. The zero-order valence-corrected chi connectivity index (χ0v) is 15.1. The number of amides is 1. The Bertz CT molecular complexity index is 550. The Kier molecular flexibility index (Phi) is 6.56. The maximum atomic E-state index is 12.2. The van der Waals surface area contributed by atoms with Crippen molar-refractivity contribution < 1.29 is 9.90 Å². The summed E-state index contributed by atoms with van der Waals surface area (Å²) < 4.78 is 0. The molecule has 1 amide bonds. The summed E-state index contributed by atoms with van der Waals surface area (Å²) in [5, 5.41) is 13.1. The zero-order chi connectivity index (χ0) is 17.5. The molecule has 0 aromatic heterocycles. The lowest BCUT2D eigenvalue weighted by Gasteiger charge is -2.36. The van der Waals surface area contributed by atoms with Crippen molar-refractivity contribution in [1.29, 1.82) is 0 Å². The van der Waals surface area contributed by atoms with Crippen molar-refractivity contribution >= 4 is 11.6 Å². The van der Waals surface area contributed by atoms with Crippen LogP contribution in [0.5, 0.6) is 5.75 Å². The van der Waals surface area contributed by atoms with Gasteiger partial charge in [-0.1, -0.05) is 44.2 Å². The predicted molar refractivity (Wildman–Crippen MR) is 101 cm³/mol. The molecular weight excluding hydrogens is 314 g/mol. The van der Waals surface area contributed by atoms with Crippen molar-refractivity contribution in [3.05, 3.63) is 24.3 Å². The number of anilines is 1. The van der Waals surface area contributed by atoms with Crippen LogP contribution in [0.25, 0.3) is 0 Å². The highest BCUT2D eigenvalue weighted by Crippen LogP contribution is 2.27. The first-order valence-corrected chi connectivity index (χ1v) is 9.74. The van der Waals surface area contributed by atoms with Gasteiger partial charge in [-0.3, -0.25) is 9.69 Å². The van der Waals surface area contributed by atoms with Crippen molar-refractivity contribution in [2.24, 2.45) is 5.92 Å². The van der Waals surface area contributed by atoms with Crippen LogP contribution in [0.4, 0.5) is 5.69 Å². The van der Waals surface area contributed by atoms with Crippen LogP contribution in [-0.4, -0.2) is 55.2 Å². The second-order valence-electron chi connectivity index (χ2n) is 7.39. The van der Waals surface area contributed by atoms with Gasteiger partial charge < -0.3 is 15.3 Å². The number of hydrogen-bond acceptors (Lipinski definition) is 4. The molecule has 2 N–H and O–H groups in total. The SMILES string of the molecule is O=C(CN1CCN(c2ccccc2O)CC1)NCCC1CCCCC1. The summed E-state index contributed by atoms with van der Waals surface area (Å²) in [4.78, 5) is 16.5. The first-order chi connectivity index (χ1) is 12.2. The third-order valence-electron chi connectivity index (χ3n) is 5.56. The molecule has 1 saturated heterocycles. The molecule has 0 unspecified atom stereocenters. The largest absolute Gasteiger partial charge is 0.506 e. The van der Waals surface area contributed by atoms with Crippen molar-refractivity contribution in [2.75, 3.05) is 44.2 Å². The minimum atomic E-state index is 0.145. The topological polar surface area (TPSA) is 55.8 Å². The standard InChI is InChI=1S/C20H31N3O2/c24-19-9-5-4-8-18(19)23-14-12-22(13-15-23)16-20(25)21-11-10-17-6-2-1-3-7-17/h4-5,8-9,17,24H,1-3,6-7,10-16H2,(H,21,25). The van der Waals surface area contributed by atoms with E-state index in [0.29, 0.717) is 12.3 Å². The van der Waals surface area contributed by atoms with Crippen molar-refractivity contribution in [1.82, 2.24) is 10.2 Å². The van der Waals surface area contributed by atoms with Crippen molar-refractivity contribution in [2.45, 2.75) is 38.5 Å². The molecule has 2 aliphatic rings. The summed E-state index contributed by atoms with van der Waals surface area (Å²) >= 11 is 0. The van der Waals surface area contributed by atoms with E-state index in [1.165, 1.54) is 32.1 Å². The Hall–Kier alpha value is -1.75. The fourth-order valence-corrected chi connectivity index (χ4v) is 4.03. The van der Waals surface area contributed by atoms with E-state index in [1.54, 1.807) is 6.07 Å². The Morgan fingerprint density at radius 3 is 2.52 bits per heavy atom. The fraction of sp³-hybridized carbons (Fsp3) is 0.650. The number of phenolic OH excluding ortho intramolecular Hbond substituents is 1. The van der Waals surface area contributed by atoms with Crippen molar-refractivity contribution in [3.63, 3.8) is 0 Å². The number of rotatable bonds is 6. The number of aromatic hydroxyl groups is 1. The van der Waals surface area contributed by atoms with E-state index in [2.05, 4.69) is 15.1 Å². The van der Waals surface area contributed by atoms with E-state index < -0.39 is 0 Å². The van der Waals surface area contributed by atoms with E-state index in [-0.39, 0.29) is 5.91 Å². The minimum Gasteiger partial charge on any atom is -0.506 e.